The van der Waals surface area contributed by atoms with Crippen molar-refractivity contribution >= 4 is 22.8 Å². The Hall–Kier alpha value is -2.76. The van der Waals surface area contributed by atoms with Gasteiger partial charge in [-0.3, -0.25) is 9.78 Å². The molecule has 0 amide bonds. The number of nitrogens with two attached hydrogens (primary N) is 1. The number of nitrogens with zero attached hydrogens (tertiary/aromatic N) is 4. The molecule has 22 heavy (non-hydrogen) atoms. The first-order valence-electron chi connectivity index (χ1n) is 6.96. The summed E-state index contributed by atoms with van der Waals surface area (Å²) in [7, 11) is 0. The van der Waals surface area contributed by atoms with Crippen LogP contribution in [0.3, 0.4) is 0 Å². The number of aromatic nitrogens is 4. The number of nitrogen functional groups attached to an aromatic ring is 1. The van der Waals surface area contributed by atoms with E-state index in [0.717, 1.165) is 0 Å². The smallest absolute Gasteiger partial charge is 0.221 e. The minimum atomic E-state index is -0.230. The maximum absolute atomic E-state index is 12.7. The van der Waals surface area contributed by atoms with Crippen LogP contribution in [0.4, 0.5) is 5.95 Å². The fraction of sp³-hybridized carbons (Fsp3) is 0.250. The summed E-state index contributed by atoms with van der Waals surface area (Å²) >= 11 is 0. The van der Waals surface area contributed by atoms with Crippen molar-refractivity contribution in [3.63, 3.8) is 0 Å². The monoisotopic (exact) mass is 295 g/mol. The maximum Gasteiger partial charge on any atom is 0.221 e. The highest BCUT2D eigenvalue weighted by Crippen LogP contribution is 2.27. The molecule has 0 aromatic carbocycles. The summed E-state index contributed by atoms with van der Waals surface area (Å²) in [6.07, 6.45) is 6.61. The SMILES string of the molecule is CC(C)(C)n1cc(C(=O)c2cccnc2)c2cnc(N)nc21. The van der Waals surface area contributed by atoms with Crippen molar-refractivity contribution in [3.05, 3.63) is 48.0 Å². The van der Waals surface area contributed by atoms with Crippen LogP contribution < -0.4 is 5.73 Å². The van der Waals surface area contributed by atoms with Gasteiger partial charge < -0.3 is 10.3 Å². The van der Waals surface area contributed by atoms with Crippen LogP contribution in [-0.4, -0.2) is 25.3 Å². The van der Waals surface area contributed by atoms with Crippen molar-refractivity contribution in [3.8, 4) is 0 Å². The molecule has 6 nitrogen and oxygen atoms in total. The highest BCUT2D eigenvalue weighted by atomic mass is 16.1. The van der Waals surface area contributed by atoms with Crippen LogP contribution in [0.25, 0.3) is 11.0 Å². The molecular formula is C16H17N5O. The van der Waals surface area contributed by atoms with Crippen LogP contribution in [0.2, 0.25) is 0 Å². The summed E-state index contributed by atoms with van der Waals surface area (Å²) in [5.41, 5.74) is 7.22. The largest absolute Gasteiger partial charge is 0.368 e. The van der Waals surface area contributed by atoms with Crippen LogP contribution in [0.15, 0.2) is 36.9 Å². The van der Waals surface area contributed by atoms with E-state index in [-0.39, 0.29) is 17.3 Å². The van der Waals surface area contributed by atoms with E-state index in [2.05, 4.69) is 15.0 Å². The standard InChI is InChI=1S/C16H17N5O/c1-16(2,3)21-9-12(11-8-19-15(17)20-14(11)21)13(22)10-5-4-6-18-7-10/h4-9H,1-3H3,(H2,17,19,20). The quantitative estimate of drug-likeness (QED) is 0.733. The van der Waals surface area contributed by atoms with E-state index in [1.54, 1.807) is 30.7 Å². The molecule has 0 aliphatic heterocycles. The lowest BCUT2D eigenvalue weighted by molar-refractivity contribution is 0.103. The molecule has 3 rings (SSSR count). The molecule has 0 unspecified atom stereocenters. The van der Waals surface area contributed by atoms with E-state index in [9.17, 15) is 4.79 Å². The van der Waals surface area contributed by atoms with Gasteiger partial charge in [0.15, 0.2) is 5.78 Å². The Kier molecular flexibility index (Phi) is 3.16. The number of rotatable bonds is 2. The number of anilines is 1. The molecule has 2 N–H and O–H groups in total. The highest BCUT2D eigenvalue weighted by Gasteiger charge is 2.23. The predicted octanol–water partition coefficient (Wildman–Crippen LogP) is 2.39. The van der Waals surface area contributed by atoms with Gasteiger partial charge in [0, 0.05) is 41.3 Å². The Balaban J connectivity index is 2.25. The van der Waals surface area contributed by atoms with Gasteiger partial charge in [-0.15, -0.1) is 0 Å². The first kappa shape index (κ1) is 14.2. The molecule has 3 heterocycles. The zero-order valence-electron chi connectivity index (χ0n) is 12.7. The van der Waals surface area contributed by atoms with Gasteiger partial charge in [-0.05, 0) is 32.9 Å². The third kappa shape index (κ3) is 2.32. The van der Waals surface area contributed by atoms with Gasteiger partial charge in [-0.1, -0.05) is 0 Å². The average molecular weight is 295 g/mol. The van der Waals surface area contributed by atoms with Crippen LogP contribution >= 0.6 is 0 Å². The second kappa shape index (κ2) is 4.91. The molecule has 0 radical (unpaired) electrons. The van der Waals surface area contributed by atoms with E-state index in [1.807, 2.05) is 31.5 Å². The lowest BCUT2D eigenvalue weighted by Gasteiger charge is -2.21. The number of fused-ring (bicyclic) bond motifs is 1. The summed E-state index contributed by atoms with van der Waals surface area (Å²) < 4.78 is 1.95. The van der Waals surface area contributed by atoms with Crippen LogP contribution in [0.5, 0.6) is 0 Å². The van der Waals surface area contributed by atoms with Crippen LogP contribution in [0.1, 0.15) is 36.7 Å². The number of carbonyl (C=O) groups excluding carboxylic acids is 1. The zero-order chi connectivity index (χ0) is 15.9. The average Bonchev–Trinajstić information content (AvgIpc) is 2.86. The maximum atomic E-state index is 12.7. The van der Waals surface area contributed by atoms with E-state index in [0.29, 0.717) is 22.2 Å². The highest BCUT2D eigenvalue weighted by molar-refractivity contribution is 6.15. The lowest BCUT2D eigenvalue weighted by Crippen LogP contribution is -2.21. The molecule has 0 atom stereocenters. The Morgan fingerprint density at radius 1 is 1.27 bits per heavy atom. The molecular weight excluding hydrogens is 278 g/mol. The van der Waals surface area contributed by atoms with Crippen molar-refractivity contribution in [2.45, 2.75) is 26.3 Å². The molecule has 0 spiro atoms. The number of pyridine rings is 1. The number of hydrogen-bond donors (Lipinski definition) is 1. The Bertz CT molecular complexity index is 846. The molecule has 0 saturated carbocycles. The summed E-state index contributed by atoms with van der Waals surface area (Å²) in [5, 5.41) is 0.693. The first-order valence-corrected chi connectivity index (χ1v) is 6.96. The minimum absolute atomic E-state index is 0.102. The Labute approximate surface area is 128 Å². The number of carbonyl (C=O) groups is 1. The van der Waals surface area contributed by atoms with Crippen molar-refractivity contribution < 1.29 is 4.79 Å². The van der Waals surface area contributed by atoms with Crippen molar-refractivity contribution in [2.24, 2.45) is 0 Å². The number of ketones is 1. The first-order chi connectivity index (χ1) is 10.4. The van der Waals surface area contributed by atoms with Crippen LogP contribution in [-0.2, 0) is 5.54 Å². The van der Waals surface area contributed by atoms with Gasteiger partial charge in [-0.2, -0.15) is 4.98 Å². The molecule has 3 aromatic rings. The molecule has 6 heteroatoms. The summed E-state index contributed by atoms with van der Waals surface area (Å²) in [4.78, 5) is 25.1. The molecule has 0 saturated heterocycles. The van der Waals surface area contributed by atoms with Gasteiger partial charge in [0.1, 0.15) is 5.65 Å². The molecule has 0 bridgehead atoms. The van der Waals surface area contributed by atoms with E-state index in [4.69, 9.17) is 5.73 Å². The Morgan fingerprint density at radius 2 is 2.05 bits per heavy atom. The van der Waals surface area contributed by atoms with Crippen LogP contribution in [0, 0.1) is 0 Å². The van der Waals surface area contributed by atoms with E-state index >= 15 is 0 Å². The Morgan fingerprint density at radius 3 is 2.68 bits per heavy atom. The third-order valence-corrected chi connectivity index (χ3v) is 3.45. The summed E-state index contributed by atoms with van der Waals surface area (Å²) in [6, 6.07) is 3.48. The second-order valence-electron chi connectivity index (χ2n) is 6.12. The second-order valence-corrected chi connectivity index (χ2v) is 6.12. The fourth-order valence-corrected chi connectivity index (χ4v) is 2.36. The lowest BCUT2D eigenvalue weighted by atomic mass is 10.1. The third-order valence-electron chi connectivity index (χ3n) is 3.45. The van der Waals surface area contributed by atoms with Gasteiger partial charge in [0.05, 0.1) is 5.56 Å². The molecule has 0 fully saturated rings. The summed E-state index contributed by atoms with van der Waals surface area (Å²) in [6.45, 7) is 6.13. The zero-order valence-corrected chi connectivity index (χ0v) is 12.7. The van der Waals surface area contributed by atoms with Crippen molar-refractivity contribution in [1.82, 2.24) is 19.5 Å². The van der Waals surface area contributed by atoms with E-state index in [1.165, 1.54) is 0 Å². The minimum Gasteiger partial charge on any atom is -0.368 e. The molecule has 0 aliphatic carbocycles. The van der Waals surface area contributed by atoms with Crippen molar-refractivity contribution in [1.29, 1.82) is 0 Å². The summed E-state index contributed by atoms with van der Waals surface area (Å²) in [5.74, 6) is 0.0888. The normalized spacial score (nSPS) is 11.8. The van der Waals surface area contributed by atoms with Gasteiger partial charge in [0.2, 0.25) is 5.95 Å². The van der Waals surface area contributed by atoms with Gasteiger partial charge >= 0.3 is 0 Å². The van der Waals surface area contributed by atoms with Crippen molar-refractivity contribution in [2.75, 3.05) is 5.73 Å². The van der Waals surface area contributed by atoms with Gasteiger partial charge in [-0.25, -0.2) is 4.98 Å². The topological polar surface area (TPSA) is 86.7 Å². The fourth-order valence-electron chi connectivity index (χ4n) is 2.36. The molecule has 3 aromatic heterocycles. The molecule has 0 aliphatic rings. The van der Waals surface area contributed by atoms with E-state index < -0.39 is 0 Å². The molecule has 112 valence electrons. The predicted molar refractivity (Wildman–Crippen MR) is 84.6 cm³/mol. The number of hydrogen-bond acceptors (Lipinski definition) is 5. The van der Waals surface area contributed by atoms with Gasteiger partial charge in [0.25, 0.3) is 0 Å².